The molecular formula is C63H39N7S. The van der Waals surface area contributed by atoms with E-state index in [1.54, 1.807) is 11.3 Å². The minimum atomic E-state index is 0.664. The Kier molecular flexibility index (Phi) is 9.57. The van der Waals surface area contributed by atoms with Crippen LogP contribution in [0.1, 0.15) is 0 Å². The van der Waals surface area contributed by atoms with Crippen molar-refractivity contribution in [3.8, 4) is 78.6 Å². The number of hydrogen-bond donors (Lipinski definition) is 0. The van der Waals surface area contributed by atoms with E-state index in [0.717, 1.165) is 121 Å². The van der Waals surface area contributed by atoms with Crippen molar-refractivity contribution >= 4 is 65.2 Å². The number of nitrogens with zero attached hydrogens (tertiary/aromatic N) is 7. The largest absolute Gasteiger partial charge is 0.294 e. The fourth-order valence-corrected chi connectivity index (χ4v) is 11.2. The number of thiazole rings is 1. The summed E-state index contributed by atoms with van der Waals surface area (Å²) in [6.45, 7) is 0. The molecule has 5 aromatic heterocycles. The highest BCUT2D eigenvalue weighted by Crippen LogP contribution is 2.43. The van der Waals surface area contributed by atoms with Crippen LogP contribution in [0.2, 0.25) is 0 Å². The van der Waals surface area contributed by atoms with E-state index in [1.165, 1.54) is 0 Å². The molecule has 14 aromatic rings. The molecule has 0 saturated carbocycles. The third-order valence-electron chi connectivity index (χ3n) is 13.4. The van der Waals surface area contributed by atoms with Crippen molar-refractivity contribution in [3.63, 3.8) is 0 Å². The highest BCUT2D eigenvalue weighted by molar-refractivity contribution is 7.22. The van der Waals surface area contributed by atoms with Gasteiger partial charge in [0.1, 0.15) is 16.6 Å². The van der Waals surface area contributed by atoms with Gasteiger partial charge in [0.05, 0.1) is 43.7 Å². The van der Waals surface area contributed by atoms with Crippen LogP contribution in [0.3, 0.4) is 0 Å². The average Bonchev–Trinajstić information content (AvgIpc) is 4.14. The zero-order valence-electron chi connectivity index (χ0n) is 38.1. The Labute approximate surface area is 412 Å². The molecule has 14 rings (SSSR count). The number of para-hydroxylation sites is 1. The molecule has 0 unspecified atom stereocenters. The lowest BCUT2D eigenvalue weighted by Gasteiger charge is -2.13. The van der Waals surface area contributed by atoms with Gasteiger partial charge in [0.25, 0.3) is 0 Å². The summed E-state index contributed by atoms with van der Waals surface area (Å²) in [4.78, 5) is 26.1. The van der Waals surface area contributed by atoms with Crippen molar-refractivity contribution in [2.75, 3.05) is 0 Å². The maximum absolute atomic E-state index is 5.38. The first kappa shape index (κ1) is 40.7. The van der Waals surface area contributed by atoms with Gasteiger partial charge in [0.15, 0.2) is 11.6 Å². The summed E-state index contributed by atoms with van der Waals surface area (Å²) in [7, 11) is 0. The lowest BCUT2D eigenvalue weighted by molar-refractivity contribution is 1.05. The Balaban J connectivity index is 0.980. The van der Waals surface area contributed by atoms with Crippen molar-refractivity contribution in [1.82, 2.24) is 34.1 Å². The van der Waals surface area contributed by atoms with Crippen molar-refractivity contribution in [1.29, 1.82) is 0 Å². The standard InChI is InChI=1S/C63H39N7S/c1-6-18-40(19-7-1)52-38-57(67-61(64-52)42-22-10-3-11-23-42)69-54-29-17-16-28-47(54)49-36-45(30-34-55(49)69)46-31-35-56-50(37-46)48-32-33-51-60(71-63(66-51)44-26-14-5-15-27-44)59(48)70(56)58-39-53(41-20-8-2-9-21-41)65-62(68-58)43-24-12-4-13-25-43/h1-39H. The number of fused-ring (bicyclic) bond motifs is 8. The number of benzene rings is 9. The van der Waals surface area contributed by atoms with Gasteiger partial charge in [-0.15, -0.1) is 11.3 Å². The average molecular weight is 926 g/mol. The summed E-state index contributed by atoms with van der Waals surface area (Å²) in [5, 5.41) is 5.52. The van der Waals surface area contributed by atoms with E-state index >= 15 is 0 Å². The zero-order valence-corrected chi connectivity index (χ0v) is 38.9. The fourth-order valence-electron chi connectivity index (χ4n) is 10.0. The van der Waals surface area contributed by atoms with Crippen molar-refractivity contribution < 1.29 is 0 Å². The maximum atomic E-state index is 5.38. The molecule has 9 aromatic carbocycles. The molecule has 0 aliphatic carbocycles. The molecule has 8 heteroatoms. The fraction of sp³-hybridized carbons (Fsp3) is 0. The van der Waals surface area contributed by atoms with Crippen LogP contribution in [0.25, 0.3) is 132 Å². The third-order valence-corrected chi connectivity index (χ3v) is 14.5. The normalized spacial score (nSPS) is 11.7. The second-order valence-corrected chi connectivity index (χ2v) is 18.7. The van der Waals surface area contributed by atoms with Crippen LogP contribution in [0.5, 0.6) is 0 Å². The monoisotopic (exact) mass is 925 g/mol. The quantitative estimate of drug-likeness (QED) is 0.152. The van der Waals surface area contributed by atoms with Crippen LogP contribution >= 0.6 is 11.3 Å². The van der Waals surface area contributed by atoms with Crippen LogP contribution in [0, 0.1) is 0 Å². The molecule has 7 nitrogen and oxygen atoms in total. The van der Waals surface area contributed by atoms with Crippen LogP contribution in [0.15, 0.2) is 237 Å². The maximum Gasteiger partial charge on any atom is 0.162 e. The van der Waals surface area contributed by atoms with E-state index in [0.29, 0.717) is 11.6 Å². The predicted molar refractivity (Wildman–Crippen MR) is 292 cm³/mol. The first-order valence-corrected chi connectivity index (χ1v) is 24.5. The molecule has 0 atom stereocenters. The van der Waals surface area contributed by atoms with E-state index in [1.807, 2.05) is 54.6 Å². The molecular weight excluding hydrogens is 887 g/mol. The molecule has 0 radical (unpaired) electrons. The number of rotatable bonds is 8. The summed E-state index contributed by atoms with van der Waals surface area (Å²) < 4.78 is 5.71. The Hall–Kier alpha value is -9.37. The lowest BCUT2D eigenvalue weighted by Crippen LogP contribution is -2.02. The first-order chi connectivity index (χ1) is 35.2. The van der Waals surface area contributed by atoms with E-state index < -0.39 is 0 Å². The molecule has 71 heavy (non-hydrogen) atoms. The Morgan fingerprint density at radius 1 is 0.296 bits per heavy atom. The summed E-state index contributed by atoms with van der Waals surface area (Å²) in [5.41, 5.74) is 14.2. The van der Waals surface area contributed by atoms with Gasteiger partial charge >= 0.3 is 0 Å². The Morgan fingerprint density at radius 3 is 1.31 bits per heavy atom. The molecule has 0 aliphatic rings. The minimum Gasteiger partial charge on any atom is -0.294 e. The molecule has 0 spiro atoms. The molecule has 5 heterocycles. The topological polar surface area (TPSA) is 74.3 Å². The third kappa shape index (κ3) is 6.99. The van der Waals surface area contributed by atoms with Crippen molar-refractivity contribution in [3.05, 3.63) is 237 Å². The number of hydrogen-bond acceptors (Lipinski definition) is 6. The molecule has 0 saturated heterocycles. The predicted octanol–water partition coefficient (Wildman–Crippen LogP) is 16.1. The van der Waals surface area contributed by atoms with E-state index in [-0.39, 0.29) is 0 Å². The van der Waals surface area contributed by atoms with Gasteiger partial charge in [-0.25, -0.2) is 24.9 Å². The lowest BCUT2D eigenvalue weighted by atomic mass is 10.0. The van der Waals surface area contributed by atoms with E-state index in [2.05, 4.69) is 191 Å². The second kappa shape index (κ2) is 16.7. The Morgan fingerprint density at radius 2 is 0.746 bits per heavy atom. The van der Waals surface area contributed by atoms with Crippen LogP contribution in [0.4, 0.5) is 0 Å². The zero-order chi connectivity index (χ0) is 46.8. The van der Waals surface area contributed by atoms with E-state index in [4.69, 9.17) is 24.9 Å². The smallest absolute Gasteiger partial charge is 0.162 e. The van der Waals surface area contributed by atoms with Gasteiger partial charge in [0.2, 0.25) is 0 Å². The van der Waals surface area contributed by atoms with Gasteiger partial charge in [-0.2, -0.15) is 0 Å². The van der Waals surface area contributed by atoms with Gasteiger partial charge in [0, 0.05) is 61.5 Å². The summed E-state index contributed by atoms with van der Waals surface area (Å²) in [6, 6.07) is 82.6. The highest BCUT2D eigenvalue weighted by atomic mass is 32.1. The van der Waals surface area contributed by atoms with Gasteiger partial charge < -0.3 is 0 Å². The molecule has 332 valence electrons. The number of aromatic nitrogens is 7. The van der Waals surface area contributed by atoms with Gasteiger partial charge in [-0.05, 0) is 53.6 Å². The summed E-state index contributed by atoms with van der Waals surface area (Å²) in [5.74, 6) is 2.94. The van der Waals surface area contributed by atoms with Crippen LogP contribution in [-0.4, -0.2) is 34.1 Å². The summed E-state index contributed by atoms with van der Waals surface area (Å²) in [6.07, 6.45) is 0. The highest BCUT2D eigenvalue weighted by Gasteiger charge is 2.23. The molecule has 0 fully saturated rings. The van der Waals surface area contributed by atoms with Crippen LogP contribution in [-0.2, 0) is 0 Å². The van der Waals surface area contributed by atoms with Crippen molar-refractivity contribution in [2.24, 2.45) is 0 Å². The first-order valence-electron chi connectivity index (χ1n) is 23.7. The Bertz CT molecular complexity index is 4200. The summed E-state index contributed by atoms with van der Waals surface area (Å²) >= 11 is 1.72. The van der Waals surface area contributed by atoms with E-state index in [9.17, 15) is 0 Å². The SMILES string of the molecule is c1ccc(-c2cc(-n3c4ccccc4c4cc(-c5ccc6c(c5)c5ccc7nc(-c8ccccc8)sc7c5n6-c5cc(-c6ccccc6)nc(-c6ccccc6)n5)ccc43)nc(-c3ccccc3)n2)cc1. The molecule has 0 N–H and O–H groups in total. The van der Waals surface area contributed by atoms with Crippen LogP contribution < -0.4 is 0 Å². The van der Waals surface area contributed by atoms with Gasteiger partial charge in [-0.3, -0.25) is 9.13 Å². The minimum absolute atomic E-state index is 0.664. The van der Waals surface area contributed by atoms with Gasteiger partial charge in [-0.1, -0.05) is 182 Å². The molecule has 0 amide bonds. The molecule has 0 aliphatic heterocycles. The second-order valence-electron chi connectivity index (χ2n) is 17.7. The van der Waals surface area contributed by atoms with Crippen molar-refractivity contribution in [2.45, 2.75) is 0 Å². The molecule has 0 bridgehead atoms.